The summed E-state index contributed by atoms with van der Waals surface area (Å²) in [4.78, 5) is 2.09. The van der Waals surface area contributed by atoms with E-state index in [-0.39, 0.29) is 6.61 Å². The Morgan fingerprint density at radius 1 is 1.20 bits per heavy atom. The first kappa shape index (κ1) is 14.4. The van der Waals surface area contributed by atoms with Crippen molar-refractivity contribution in [3.05, 3.63) is 53.9 Å². The number of nitrogens with zero attached hydrogens (tertiary/aromatic N) is 2. The number of allylic oxidation sites excluding steroid dienone is 1. The predicted octanol–water partition coefficient (Wildman–Crippen LogP) is 3.11. The number of aromatic nitrogens is 1. The Labute approximate surface area is 120 Å². The molecule has 0 spiro atoms. The van der Waals surface area contributed by atoms with Gasteiger partial charge in [0.05, 0.1) is 6.61 Å². The Hall–Kier alpha value is -2.00. The van der Waals surface area contributed by atoms with Gasteiger partial charge < -0.3 is 14.6 Å². The molecule has 0 bridgehead atoms. The van der Waals surface area contributed by atoms with Crippen LogP contribution in [0.3, 0.4) is 0 Å². The van der Waals surface area contributed by atoms with E-state index in [1.165, 1.54) is 22.4 Å². The summed E-state index contributed by atoms with van der Waals surface area (Å²) >= 11 is 0. The molecule has 0 saturated heterocycles. The first-order chi connectivity index (χ1) is 9.60. The molecule has 0 aliphatic heterocycles. The lowest BCUT2D eigenvalue weighted by molar-refractivity contribution is 0.276. The molecule has 0 aliphatic carbocycles. The molecule has 3 nitrogen and oxygen atoms in total. The van der Waals surface area contributed by atoms with Crippen LogP contribution in [0.25, 0.3) is 11.6 Å². The van der Waals surface area contributed by atoms with Gasteiger partial charge in [0, 0.05) is 38.7 Å². The van der Waals surface area contributed by atoms with Crippen molar-refractivity contribution in [2.24, 2.45) is 0 Å². The quantitative estimate of drug-likeness (QED) is 0.904. The van der Waals surface area contributed by atoms with E-state index >= 15 is 0 Å². The average Bonchev–Trinajstić information content (AvgIpc) is 2.88. The molecule has 1 N–H and O–H groups in total. The molecule has 0 fully saturated rings. The topological polar surface area (TPSA) is 28.4 Å². The first-order valence-corrected chi connectivity index (χ1v) is 6.83. The van der Waals surface area contributed by atoms with Gasteiger partial charge in [0.2, 0.25) is 0 Å². The summed E-state index contributed by atoms with van der Waals surface area (Å²) in [6.07, 6.45) is 6.24. The molecule has 0 amide bonds. The van der Waals surface area contributed by atoms with E-state index in [9.17, 15) is 0 Å². The van der Waals surface area contributed by atoms with E-state index in [2.05, 4.69) is 54.4 Å². The van der Waals surface area contributed by atoms with Gasteiger partial charge in [0.25, 0.3) is 0 Å². The zero-order valence-electron chi connectivity index (χ0n) is 12.4. The lowest BCUT2D eigenvalue weighted by Gasteiger charge is -2.12. The first-order valence-electron chi connectivity index (χ1n) is 6.83. The van der Waals surface area contributed by atoms with Crippen LogP contribution in [0.2, 0.25) is 0 Å². The Balaban J connectivity index is 2.16. The monoisotopic (exact) mass is 270 g/mol. The zero-order valence-corrected chi connectivity index (χ0v) is 12.4. The number of benzene rings is 1. The summed E-state index contributed by atoms with van der Waals surface area (Å²) in [7, 11) is 4.08. The van der Waals surface area contributed by atoms with Gasteiger partial charge in [-0.15, -0.1) is 0 Å². The van der Waals surface area contributed by atoms with Crippen LogP contribution in [-0.4, -0.2) is 30.4 Å². The number of hydrogen-bond donors (Lipinski definition) is 1. The van der Waals surface area contributed by atoms with E-state index in [1.54, 1.807) is 0 Å². The van der Waals surface area contributed by atoms with Crippen molar-refractivity contribution >= 4 is 17.3 Å². The van der Waals surface area contributed by atoms with Crippen LogP contribution in [0, 0.1) is 0 Å². The van der Waals surface area contributed by atoms with E-state index in [1.807, 2.05) is 24.9 Å². The van der Waals surface area contributed by atoms with Crippen LogP contribution in [0.4, 0.5) is 5.69 Å². The van der Waals surface area contributed by atoms with Crippen molar-refractivity contribution in [3.8, 4) is 0 Å². The maximum absolute atomic E-state index is 8.93. The summed E-state index contributed by atoms with van der Waals surface area (Å²) in [5, 5.41) is 8.93. The van der Waals surface area contributed by atoms with Crippen molar-refractivity contribution in [1.82, 2.24) is 4.57 Å². The molecular weight excluding hydrogens is 248 g/mol. The maximum atomic E-state index is 8.93. The molecule has 1 heterocycles. The van der Waals surface area contributed by atoms with Crippen molar-refractivity contribution in [3.63, 3.8) is 0 Å². The SMILES string of the molecule is C/C(=C\c1ccc(N(C)C)cc1)c1ccn(CCO)c1. The van der Waals surface area contributed by atoms with Crippen molar-refractivity contribution in [2.75, 3.05) is 25.6 Å². The summed E-state index contributed by atoms with van der Waals surface area (Å²) < 4.78 is 2.00. The van der Waals surface area contributed by atoms with Crippen LogP contribution in [-0.2, 0) is 6.54 Å². The fourth-order valence-corrected chi connectivity index (χ4v) is 2.13. The van der Waals surface area contributed by atoms with E-state index in [4.69, 9.17) is 5.11 Å². The molecule has 1 aromatic heterocycles. The normalized spacial score (nSPS) is 11.7. The second-order valence-electron chi connectivity index (χ2n) is 5.17. The zero-order chi connectivity index (χ0) is 14.5. The minimum absolute atomic E-state index is 0.170. The third kappa shape index (κ3) is 3.52. The van der Waals surface area contributed by atoms with E-state index in [0.717, 1.165) is 0 Å². The highest BCUT2D eigenvalue weighted by Gasteiger charge is 2.00. The fourth-order valence-electron chi connectivity index (χ4n) is 2.13. The predicted molar refractivity (Wildman–Crippen MR) is 85.8 cm³/mol. The Morgan fingerprint density at radius 2 is 1.90 bits per heavy atom. The van der Waals surface area contributed by atoms with Crippen molar-refractivity contribution in [2.45, 2.75) is 13.5 Å². The van der Waals surface area contributed by atoms with Crippen LogP contribution >= 0.6 is 0 Å². The average molecular weight is 270 g/mol. The van der Waals surface area contributed by atoms with Crippen LogP contribution < -0.4 is 4.90 Å². The van der Waals surface area contributed by atoms with Crippen LogP contribution in [0.15, 0.2) is 42.7 Å². The molecular formula is C17H22N2O. The largest absolute Gasteiger partial charge is 0.395 e. The molecule has 0 unspecified atom stereocenters. The molecule has 3 heteroatoms. The number of rotatable bonds is 5. The smallest absolute Gasteiger partial charge is 0.0610 e. The molecule has 2 aromatic rings. The Kier molecular flexibility index (Phi) is 4.64. The summed E-state index contributed by atoms with van der Waals surface area (Å²) in [5.41, 5.74) is 4.81. The fraction of sp³-hybridized carbons (Fsp3) is 0.294. The van der Waals surface area contributed by atoms with Gasteiger partial charge in [-0.25, -0.2) is 0 Å². The third-order valence-corrected chi connectivity index (χ3v) is 3.36. The molecule has 20 heavy (non-hydrogen) atoms. The van der Waals surface area contributed by atoms with Gasteiger partial charge in [0.15, 0.2) is 0 Å². The second-order valence-corrected chi connectivity index (χ2v) is 5.17. The second kappa shape index (κ2) is 6.44. The molecule has 0 aliphatic rings. The molecule has 2 rings (SSSR count). The standard InChI is InChI=1S/C17H22N2O/c1-14(16-8-9-19(13-16)10-11-20)12-15-4-6-17(7-5-15)18(2)3/h4-9,12-13,20H,10-11H2,1-3H3/b14-12+. The third-order valence-electron chi connectivity index (χ3n) is 3.36. The molecule has 0 atom stereocenters. The minimum atomic E-state index is 0.170. The van der Waals surface area contributed by atoms with Gasteiger partial charge in [-0.05, 0) is 41.8 Å². The summed E-state index contributed by atoms with van der Waals surface area (Å²) in [6, 6.07) is 10.6. The van der Waals surface area contributed by atoms with Crippen molar-refractivity contribution in [1.29, 1.82) is 0 Å². The number of hydrogen-bond acceptors (Lipinski definition) is 2. The molecule has 0 saturated carbocycles. The maximum Gasteiger partial charge on any atom is 0.0610 e. The van der Waals surface area contributed by atoms with Gasteiger partial charge in [-0.1, -0.05) is 18.2 Å². The molecule has 1 aromatic carbocycles. The Bertz CT molecular complexity index is 579. The molecule has 106 valence electrons. The summed E-state index contributed by atoms with van der Waals surface area (Å²) in [5.74, 6) is 0. The van der Waals surface area contributed by atoms with E-state index in [0.29, 0.717) is 6.54 Å². The highest BCUT2D eigenvalue weighted by molar-refractivity contribution is 5.80. The van der Waals surface area contributed by atoms with Gasteiger partial charge in [-0.2, -0.15) is 0 Å². The highest BCUT2D eigenvalue weighted by atomic mass is 16.3. The summed E-state index contributed by atoms with van der Waals surface area (Å²) in [6.45, 7) is 2.92. The van der Waals surface area contributed by atoms with E-state index < -0.39 is 0 Å². The highest BCUT2D eigenvalue weighted by Crippen LogP contribution is 2.20. The number of aliphatic hydroxyl groups excluding tert-OH is 1. The minimum Gasteiger partial charge on any atom is -0.395 e. The van der Waals surface area contributed by atoms with Gasteiger partial charge in [0.1, 0.15) is 0 Å². The van der Waals surface area contributed by atoms with Gasteiger partial charge >= 0.3 is 0 Å². The number of aliphatic hydroxyl groups is 1. The number of anilines is 1. The van der Waals surface area contributed by atoms with Crippen LogP contribution in [0.1, 0.15) is 18.1 Å². The van der Waals surface area contributed by atoms with Crippen LogP contribution in [0.5, 0.6) is 0 Å². The lowest BCUT2D eigenvalue weighted by Crippen LogP contribution is -2.07. The Morgan fingerprint density at radius 3 is 2.50 bits per heavy atom. The van der Waals surface area contributed by atoms with Gasteiger partial charge in [-0.3, -0.25) is 0 Å². The van der Waals surface area contributed by atoms with Crippen molar-refractivity contribution < 1.29 is 5.11 Å². The lowest BCUT2D eigenvalue weighted by atomic mass is 10.1. The molecule has 0 radical (unpaired) electrons.